The molecule has 1 fully saturated rings. The largest absolute Gasteiger partial charge is 0.371 e. The van der Waals surface area contributed by atoms with Gasteiger partial charge in [-0.1, -0.05) is 0 Å². The lowest BCUT2D eigenvalue weighted by Gasteiger charge is -2.40. The zero-order valence-electron chi connectivity index (χ0n) is 11.3. The summed E-state index contributed by atoms with van der Waals surface area (Å²) >= 11 is 0. The van der Waals surface area contributed by atoms with Gasteiger partial charge in [0.15, 0.2) is 0 Å². The normalized spacial score (nSPS) is 16.7. The first-order valence-corrected chi connectivity index (χ1v) is 7.98. The minimum Gasteiger partial charge on any atom is -0.371 e. The number of hydrogen-bond acceptors (Lipinski definition) is 4. The predicted molar refractivity (Wildman–Crippen MR) is 76.7 cm³/mol. The summed E-state index contributed by atoms with van der Waals surface area (Å²) in [5, 5.41) is 0. The summed E-state index contributed by atoms with van der Waals surface area (Å²) in [6.07, 6.45) is 0. The van der Waals surface area contributed by atoms with Gasteiger partial charge in [0.25, 0.3) is 0 Å². The molecule has 6 heteroatoms. The standard InChI is InChI=1S/C13H21N3O2S/c1-10(2)15-19(17,18)13-5-3-12(4-6-13)16-8-11(7-14)9-16/h3-6,10-11,15H,7-9,14H2,1-2H3. The number of rotatable bonds is 5. The number of nitrogens with zero attached hydrogens (tertiary/aromatic N) is 1. The van der Waals surface area contributed by atoms with Crippen LogP contribution in [0.2, 0.25) is 0 Å². The molecule has 19 heavy (non-hydrogen) atoms. The Morgan fingerprint density at radius 2 is 1.89 bits per heavy atom. The number of nitrogens with one attached hydrogen (secondary N) is 1. The van der Waals surface area contributed by atoms with E-state index >= 15 is 0 Å². The molecule has 0 aromatic heterocycles. The van der Waals surface area contributed by atoms with Crippen LogP contribution in [0.5, 0.6) is 0 Å². The SMILES string of the molecule is CC(C)NS(=O)(=O)c1ccc(N2CC(CN)C2)cc1. The van der Waals surface area contributed by atoms with Crippen LogP contribution >= 0.6 is 0 Å². The highest BCUT2D eigenvalue weighted by Crippen LogP contribution is 2.25. The molecule has 0 aliphatic carbocycles. The fourth-order valence-electron chi connectivity index (χ4n) is 2.14. The molecule has 1 aliphatic heterocycles. The van der Waals surface area contributed by atoms with Gasteiger partial charge in [0.05, 0.1) is 4.90 Å². The minimum absolute atomic E-state index is 0.106. The van der Waals surface area contributed by atoms with E-state index in [0.717, 1.165) is 18.8 Å². The van der Waals surface area contributed by atoms with Crippen molar-refractivity contribution in [1.29, 1.82) is 0 Å². The fourth-order valence-corrected chi connectivity index (χ4v) is 3.40. The second-order valence-corrected chi connectivity index (χ2v) is 6.99. The minimum atomic E-state index is -3.39. The molecule has 1 saturated heterocycles. The van der Waals surface area contributed by atoms with Crippen LogP contribution in [0.1, 0.15) is 13.8 Å². The van der Waals surface area contributed by atoms with Gasteiger partial charge >= 0.3 is 0 Å². The van der Waals surface area contributed by atoms with Gasteiger partial charge in [-0.2, -0.15) is 0 Å². The molecule has 3 N–H and O–H groups in total. The molecule has 0 bridgehead atoms. The molecular weight excluding hydrogens is 262 g/mol. The molecule has 0 amide bonds. The molecule has 106 valence electrons. The zero-order valence-corrected chi connectivity index (χ0v) is 12.2. The second kappa shape index (κ2) is 5.48. The van der Waals surface area contributed by atoms with E-state index in [-0.39, 0.29) is 6.04 Å². The summed E-state index contributed by atoms with van der Waals surface area (Å²) in [6, 6.07) is 6.89. The van der Waals surface area contributed by atoms with Crippen molar-refractivity contribution in [2.45, 2.75) is 24.8 Å². The molecule has 1 aromatic rings. The van der Waals surface area contributed by atoms with Gasteiger partial charge < -0.3 is 10.6 Å². The molecule has 0 unspecified atom stereocenters. The van der Waals surface area contributed by atoms with Gasteiger partial charge in [0.2, 0.25) is 10.0 Å². The Morgan fingerprint density at radius 1 is 1.32 bits per heavy atom. The Bertz CT molecular complexity index is 519. The van der Waals surface area contributed by atoms with Crippen LogP contribution in [0.4, 0.5) is 5.69 Å². The van der Waals surface area contributed by atoms with Gasteiger partial charge in [-0.05, 0) is 44.7 Å². The molecular formula is C13H21N3O2S. The quantitative estimate of drug-likeness (QED) is 0.837. The highest BCUT2D eigenvalue weighted by molar-refractivity contribution is 7.89. The van der Waals surface area contributed by atoms with Crippen molar-refractivity contribution in [3.63, 3.8) is 0 Å². The van der Waals surface area contributed by atoms with Crippen LogP contribution in [0.3, 0.4) is 0 Å². The van der Waals surface area contributed by atoms with Gasteiger partial charge in [0, 0.05) is 30.7 Å². The summed E-state index contributed by atoms with van der Waals surface area (Å²) in [5.41, 5.74) is 6.64. The summed E-state index contributed by atoms with van der Waals surface area (Å²) in [5.74, 6) is 0.561. The van der Waals surface area contributed by atoms with Crippen LogP contribution in [-0.2, 0) is 10.0 Å². The molecule has 0 saturated carbocycles. The average Bonchev–Trinajstić information content (AvgIpc) is 2.26. The van der Waals surface area contributed by atoms with Crippen molar-refractivity contribution < 1.29 is 8.42 Å². The maximum absolute atomic E-state index is 12.0. The van der Waals surface area contributed by atoms with Gasteiger partial charge in [-0.25, -0.2) is 13.1 Å². The van der Waals surface area contributed by atoms with Crippen LogP contribution in [0.25, 0.3) is 0 Å². The van der Waals surface area contributed by atoms with Crippen molar-refractivity contribution in [1.82, 2.24) is 4.72 Å². The molecule has 1 aliphatic rings. The average molecular weight is 283 g/mol. The molecule has 0 atom stereocenters. The van der Waals surface area contributed by atoms with E-state index in [0.29, 0.717) is 17.4 Å². The van der Waals surface area contributed by atoms with Crippen LogP contribution < -0.4 is 15.4 Å². The van der Waals surface area contributed by atoms with Crippen LogP contribution in [-0.4, -0.2) is 34.1 Å². The lowest BCUT2D eigenvalue weighted by Crippen LogP contribution is -2.49. The van der Waals surface area contributed by atoms with Crippen LogP contribution in [0.15, 0.2) is 29.2 Å². The Balaban J connectivity index is 2.07. The van der Waals surface area contributed by atoms with Crippen molar-refractivity contribution >= 4 is 15.7 Å². The lowest BCUT2D eigenvalue weighted by atomic mass is 10.00. The van der Waals surface area contributed by atoms with Gasteiger partial charge in [0.1, 0.15) is 0 Å². The third-order valence-corrected chi connectivity index (χ3v) is 4.87. The number of benzene rings is 1. The Kier molecular flexibility index (Phi) is 4.13. The Hall–Kier alpha value is -1.11. The molecule has 0 radical (unpaired) electrons. The van der Waals surface area contributed by atoms with E-state index in [2.05, 4.69) is 9.62 Å². The van der Waals surface area contributed by atoms with E-state index in [9.17, 15) is 8.42 Å². The molecule has 1 aromatic carbocycles. The monoisotopic (exact) mass is 283 g/mol. The maximum Gasteiger partial charge on any atom is 0.240 e. The van der Waals surface area contributed by atoms with Gasteiger partial charge in [-0.15, -0.1) is 0 Å². The van der Waals surface area contributed by atoms with Gasteiger partial charge in [-0.3, -0.25) is 0 Å². The summed E-state index contributed by atoms with van der Waals surface area (Å²) in [6.45, 7) is 6.22. The number of anilines is 1. The Labute approximate surface area is 114 Å². The van der Waals surface area contributed by atoms with Crippen molar-refractivity contribution in [3.8, 4) is 0 Å². The summed E-state index contributed by atoms with van der Waals surface area (Å²) < 4.78 is 26.5. The van der Waals surface area contributed by atoms with E-state index in [1.54, 1.807) is 26.0 Å². The highest BCUT2D eigenvalue weighted by Gasteiger charge is 2.25. The first-order chi connectivity index (χ1) is 8.92. The fraction of sp³-hybridized carbons (Fsp3) is 0.538. The van der Waals surface area contributed by atoms with E-state index in [4.69, 9.17) is 5.73 Å². The molecule has 2 rings (SSSR count). The second-order valence-electron chi connectivity index (χ2n) is 5.28. The molecule has 5 nitrogen and oxygen atoms in total. The smallest absolute Gasteiger partial charge is 0.240 e. The number of sulfonamides is 1. The first kappa shape index (κ1) is 14.3. The topological polar surface area (TPSA) is 75.4 Å². The van der Waals surface area contributed by atoms with Crippen molar-refractivity contribution in [3.05, 3.63) is 24.3 Å². The summed E-state index contributed by atoms with van der Waals surface area (Å²) in [4.78, 5) is 2.50. The van der Waals surface area contributed by atoms with E-state index in [1.807, 2.05) is 12.1 Å². The molecule has 1 heterocycles. The maximum atomic E-state index is 12.0. The Morgan fingerprint density at radius 3 is 2.37 bits per heavy atom. The number of hydrogen-bond donors (Lipinski definition) is 2. The highest BCUT2D eigenvalue weighted by atomic mass is 32.2. The first-order valence-electron chi connectivity index (χ1n) is 6.50. The van der Waals surface area contributed by atoms with E-state index in [1.165, 1.54) is 0 Å². The van der Waals surface area contributed by atoms with E-state index < -0.39 is 10.0 Å². The summed E-state index contributed by atoms with van der Waals surface area (Å²) in [7, 11) is -3.39. The van der Waals surface area contributed by atoms with Crippen molar-refractivity contribution in [2.24, 2.45) is 11.7 Å². The third-order valence-electron chi connectivity index (χ3n) is 3.19. The molecule has 0 spiro atoms. The van der Waals surface area contributed by atoms with Crippen molar-refractivity contribution in [2.75, 3.05) is 24.5 Å². The number of nitrogens with two attached hydrogens (primary N) is 1. The lowest BCUT2D eigenvalue weighted by molar-refractivity contribution is 0.420. The third kappa shape index (κ3) is 3.26. The van der Waals surface area contributed by atoms with Crippen LogP contribution in [0, 0.1) is 5.92 Å². The zero-order chi connectivity index (χ0) is 14.0. The predicted octanol–water partition coefficient (Wildman–Crippen LogP) is 0.768.